The van der Waals surface area contributed by atoms with Gasteiger partial charge in [-0.1, -0.05) is 53.9 Å². The first kappa shape index (κ1) is 21.0. The smallest absolute Gasteiger partial charge is 0.165 e. The van der Waals surface area contributed by atoms with E-state index in [1.807, 2.05) is 43.3 Å². The lowest BCUT2D eigenvalue weighted by molar-refractivity contribution is 0.441. The van der Waals surface area contributed by atoms with E-state index < -0.39 is 5.41 Å². The fourth-order valence-electron chi connectivity index (χ4n) is 3.28. The monoisotopic (exact) mass is 406 g/mol. The van der Waals surface area contributed by atoms with Crippen molar-refractivity contribution in [3.8, 4) is 23.8 Å². The van der Waals surface area contributed by atoms with Gasteiger partial charge < -0.3 is 4.74 Å². The van der Waals surface area contributed by atoms with Crippen LogP contribution in [-0.4, -0.2) is 0 Å². The normalized spacial score (nSPS) is 12.8. The van der Waals surface area contributed by atoms with E-state index in [0.717, 1.165) is 41.0 Å². The first-order chi connectivity index (χ1) is 13.9. The van der Waals surface area contributed by atoms with Crippen LogP contribution in [-0.2, 0) is 11.8 Å². The lowest BCUT2D eigenvalue weighted by Crippen LogP contribution is -2.19. The van der Waals surface area contributed by atoms with Gasteiger partial charge in [0.25, 0.3) is 0 Å². The molecule has 29 heavy (non-hydrogen) atoms. The predicted molar refractivity (Wildman–Crippen MR) is 118 cm³/mol. The predicted octanol–water partition coefficient (Wildman–Crippen LogP) is 7.49. The van der Waals surface area contributed by atoms with E-state index in [1.165, 1.54) is 6.07 Å². The molecule has 0 heterocycles. The van der Waals surface area contributed by atoms with Crippen LogP contribution < -0.4 is 4.74 Å². The highest BCUT2D eigenvalue weighted by Gasteiger charge is 2.24. The van der Waals surface area contributed by atoms with Crippen molar-refractivity contribution in [1.29, 1.82) is 0 Å². The standard InChI is InChI=1S/C26H24ClFO/c1-4-26(3,21-14-12-19(2)23(27)18-21)16-8-9-20-13-15-24(28)25(17-20)29-22-10-6-5-7-11-22/h1,5-7,10-15,17-18H,8-9,16H2,2-3H3. The largest absolute Gasteiger partial charge is 0.454 e. The molecular weight excluding hydrogens is 383 g/mol. The quantitative estimate of drug-likeness (QED) is 0.369. The third-order valence-corrected chi connectivity index (χ3v) is 5.64. The zero-order valence-electron chi connectivity index (χ0n) is 16.7. The van der Waals surface area contributed by atoms with Gasteiger partial charge in [-0.2, -0.15) is 0 Å². The summed E-state index contributed by atoms with van der Waals surface area (Å²) in [4.78, 5) is 0. The zero-order valence-corrected chi connectivity index (χ0v) is 17.5. The van der Waals surface area contributed by atoms with Crippen LogP contribution >= 0.6 is 11.6 Å². The summed E-state index contributed by atoms with van der Waals surface area (Å²) in [5.41, 5.74) is 2.69. The first-order valence-electron chi connectivity index (χ1n) is 9.67. The third kappa shape index (κ3) is 5.19. The zero-order chi connectivity index (χ0) is 20.9. The molecule has 0 spiro atoms. The molecule has 0 N–H and O–H groups in total. The minimum absolute atomic E-state index is 0.235. The molecule has 0 amide bonds. The van der Waals surface area contributed by atoms with Crippen LogP contribution in [0.5, 0.6) is 11.5 Å². The van der Waals surface area contributed by atoms with E-state index in [1.54, 1.807) is 24.3 Å². The number of hydrogen-bond acceptors (Lipinski definition) is 1. The third-order valence-electron chi connectivity index (χ3n) is 5.24. The number of halogens is 2. The Morgan fingerprint density at radius 3 is 2.52 bits per heavy atom. The summed E-state index contributed by atoms with van der Waals surface area (Å²) in [6.45, 7) is 4.03. The van der Waals surface area contributed by atoms with Crippen molar-refractivity contribution in [3.05, 3.63) is 94.3 Å². The molecule has 1 atom stereocenters. The number of rotatable bonds is 7. The SMILES string of the molecule is C#CC(C)(CCCc1ccc(F)c(Oc2ccccc2)c1)c1ccc(C)c(Cl)c1. The van der Waals surface area contributed by atoms with Crippen molar-refractivity contribution in [2.45, 2.75) is 38.5 Å². The van der Waals surface area contributed by atoms with Gasteiger partial charge >= 0.3 is 0 Å². The van der Waals surface area contributed by atoms with Gasteiger partial charge in [0.15, 0.2) is 11.6 Å². The van der Waals surface area contributed by atoms with Crippen molar-refractivity contribution in [3.63, 3.8) is 0 Å². The van der Waals surface area contributed by atoms with Crippen LogP contribution in [0.3, 0.4) is 0 Å². The molecule has 1 unspecified atom stereocenters. The van der Waals surface area contributed by atoms with E-state index >= 15 is 0 Å². The maximum Gasteiger partial charge on any atom is 0.165 e. The Bertz CT molecular complexity index is 1020. The molecule has 0 aliphatic heterocycles. The minimum atomic E-state index is -0.402. The highest BCUT2D eigenvalue weighted by molar-refractivity contribution is 6.31. The Morgan fingerprint density at radius 1 is 1.07 bits per heavy atom. The molecular formula is C26H24ClFO. The average molecular weight is 407 g/mol. The number of para-hydroxylation sites is 1. The van der Waals surface area contributed by atoms with Crippen LogP contribution in [0.25, 0.3) is 0 Å². The molecule has 0 saturated carbocycles. The van der Waals surface area contributed by atoms with Crippen molar-refractivity contribution in [1.82, 2.24) is 0 Å². The van der Waals surface area contributed by atoms with E-state index in [2.05, 4.69) is 12.8 Å². The summed E-state index contributed by atoms with van der Waals surface area (Å²) in [5.74, 6) is 3.41. The number of aryl methyl sites for hydroxylation is 2. The summed E-state index contributed by atoms with van der Waals surface area (Å²) in [7, 11) is 0. The van der Waals surface area contributed by atoms with Gasteiger partial charge in [0.2, 0.25) is 0 Å². The summed E-state index contributed by atoms with van der Waals surface area (Å²) in [5, 5.41) is 0.727. The van der Waals surface area contributed by atoms with E-state index in [4.69, 9.17) is 22.8 Å². The first-order valence-corrected chi connectivity index (χ1v) is 10.0. The molecule has 0 aromatic heterocycles. The van der Waals surface area contributed by atoms with E-state index in [9.17, 15) is 4.39 Å². The van der Waals surface area contributed by atoms with Gasteiger partial charge in [0.1, 0.15) is 5.75 Å². The molecule has 148 valence electrons. The summed E-state index contributed by atoms with van der Waals surface area (Å²) in [6, 6.07) is 20.2. The van der Waals surface area contributed by atoms with Crippen molar-refractivity contribution < 1.29 is 9.13 Å². The molecule has 3 heteroatoms. The number of benzene rings is 3. The molecule has 3 aromatic carbocycles. The average Bonchev–Trinajstić information content (AvgIpc) is 2.73. The maximum absolute atomic E-state index is 14.1. The van der Waals surface area contributed by atoms with E-state index in [-0.39, 0.29) is 11.6 Å². The Balaban J connectivity index is 1.68. The Labute approximate surface area is 177 Å². The molecule has 0 aliphatic rings. The molecule has 3 rings (SSSR count). The molecule has 0 saturated heterocycles. The highest BCUT2D eigenvalue weighted by Crippen LogP contribution is 2.32. The highest BCUT2D eigenvalue weighted by atomic mass is 35.5. The second kappa shape index (κ2) is 9.16. The Kier molecular flexibility index (Phi) is 6.62. The second-order valence-corrected chi connectivity index (χ2v) is 7.88. The van der Waals surface area contributed by atoms with Crippen LogP contribution in [0.15, 0.2) is 66.7 Å². The Morgan fingerprint density at radius 2 is 1.83 bits per heavy atom. The molecule has 1 nitrogen and oxygen atoms in total. The van der Waals surface area contributed by atoms with Crippen molar-refractivity contribution in [2.75, 3.05) is 0 Å². The van der Waals surface area contributed by atoms with E-state index in [0.29, 0.717) is 5.75 Å². The molecule has 0 bridgehead atoms. The Hall–Kier alpha value is -2.76. The summed E-state index contributed by atoms with van der Waals surface area (Å²) in [6.07, 6.45) is 8.32. The van der Waals surface area contributed by atoms with Crippen molar-refractivity contribution >= 4 is 11.6 Å². The topological polar surface area (TPSA) is 9.23 Å². The van der Waals surface area contributed by atoms with Gasteiger partial charge in [-0.05, 0) is 80.1 Å². The molecule has 0 fully saturated rings. The van der Waals surface area contributed by atoms with Gasteiger partial charge in [-0.25, -0.2) is 4.39 Å². The number of hydrogen-bond donors (Lipinski definition) is 0. The van der Waals surface area contributed by atoms with Crippen LogP contribution in [0.1, 0.15) is 36.5 Å². The fraction of sp³-hybridized carbons (Fsp3) is 0.231. The molecule has 3 aromatic rings. The minimum Gasteiger partial charge on any atom is -0.454 e. The van der Waals surface area contributed by atoms with Crippen LogP contribution in [0.4, 0.5) is 4.39 Å². The fourth-order valence-corrected chi connectivity index (χ4v) is 3.46. The van der Waals surface area contributed by atoms with Gasteiger partial charge in [0, 0.05) is 5.02 Å². The van der Waals surface area contributed by atoms with Crippen LogP contribution in [0, 0.1) is 25.1 Å². The van der Waals surface area contributed by atoms with Crippen molar-refractivity contribution in [2.24, 2.45) is 0 Å². The lowest BCUT2D eigenvalue weighted by atomic mass is 9.78. The number of ether oxygens (including phenoxy) is 1. The van der Waals surface area contributed by atoms with Gasteiger partial charge in [0.05, 0.1) is 5.41 Å². The molecule has 0 aliphatic carbocycles. The summed E-state index contributed by atoms with van der Waals surface area (Å²) >= 11 is 6.29. The van der Waals surface area contributed by atoms with Gasteiger partial charge in [-0.3, -0.25) is 0 Å². The summed E-state index contributed by atoms with van der Waals surface area (Å²) < 4.78 is 19.8. The maximum atomic E-state index is 14.1. The van der Waals surface area contributed by atoms with Crippen LogP contribution in [0.2, 0.25) is 5.02 Å². The molecule has 0 radical (unpaired) electrons. The lowest BCUT2D eigenvalue weighted by Gasteiger charge is -2.25. The number of terminal acetylenes is 1. The van der Waals surface area contributed by atoms with Gasteiger partial charge in [-0.15, -0.1) is 6.42 Å². The second-order valence-electron chi connectivity index (χ2n) is 7.47.